The van der Waals surface area contributed by atoms with Gasteiger partial charge < -0.3 is 10.1 Å². The van der Waals surface area contributed by atoms with Gasteiger partial charge in [-0.1, -0.05) is 30.3 Å². The fourth-order valence-electron chi connectivity index (χ4n) is 1.94. The molecule has 2 aromatic carbocycles. The summed E-state index contributed by atoms with van der Waals surface area (Å²) in [7, 11) is 1.61. The Morgan fingerprint density at radius 3 is 2.64 bits per heavy atom. The van der Waals surface area contributed by atoms with Gasteiger partial charge in [0.05, 0.1) is 12.9 Å². The molecule has 0 atom stereocenters. The molecule has 0 spiro atoms. The number of ether oxygens (including phenoxy) is 1. The Hall–Kier alpha value is -2.01. The second-order valence-corrected chi connectivity index (χ2v) is 5.69. The quantitative estimate of drug-likeness (QED) is 0.850. The van der Waals surface area contributed by atoms with Crippen molar-refractivity contribution in [1.29, 1.82) is 0 Å². The summed E-state index contributed by atoms with van der Waals surface area (Å²) in [5.74, 6) is 1.54. The van der Waals surface area contributed by atoms with Gasteiger partial charge in [-0.05, 0) is 23.8 Å². The number of amides is 1. The Morgan fingerprint density at radius 1 is 1.18 bits per heavy atom. The molecule has 116 valence electrons. The summed E-state index contributed by atoms with van der Waals surface area (Å²) < 4.78 is 18.0. The summed E-state index contributed by atoms with van der Waals surface area (Å²) in [5, 5.41) is 2.87. The van der Waals surface area contributed by atoms with Gasteiger partial charge in [0.1, 0.15) is 11.6 Å². The summed E-state index contributed by atoms with van der Waals surface area (Å²) in [6, 6.07) is 13.9. The fraction of sp³-hybridized carbons (Fsp3) is 0.235. The van der Waals surface area contributed by atoms with Crippen molar-refractivity contribution in [3.63, 3.8) is 0 Å². The van der Waals surface area contributed by atoms with Crippen molar-refractivity contribution in [3.8, 4) is 5.75 Å². The highest BCUT2D eigenvalue weighted by Gasteiger charge is 2.05. The van der Waals surface area contributed by atoms with Crippen LogP contribution < -0.4 is 10.1 Å². The normalized spacial score (nSPS) is 10.3. The molecule has 0 aliphatic heterocycles. The molecule has 0 radical (unpaired) electrons. The maximum absolute atomic E-state index is 12.8. The molecule has 0 saturated heterocycles. The number of benzene rings is 2. The Labute approximate surface area is 133 Å². The number of nitrogens with one attached hydrogen (secondary N) is 1. The Bertz CT molecular complexity index is 616. The summed E-state index contributed by atoms with van der Waals surface area (Å²) in [6.45, 7) is 0.444. The van der Waals surface area contributed by atoms with Crippen LogP contribution in [-0.2, 0) is 17.1 Å². The van der Waals surface area contributed by atoms with Gasteiger partial charge >= 0.3 is 0 Å². The zero-order valence-electron chi connectivity index (χ0n) is 12.3. The first-order valence-electron chi connectivity index (χ1n) is 6.90. The monoisotopic (exact) mass is 319 g/mol. The molecule has 1 N–H and O–H groups in total. The van der Waals surface area contributed by atoms with Crippen LogP contribution in [-0.4, -0.2) is 18.8 Å². The van der Waals surface area contributed by atoms with Crippen molar-refractivity contribution in [2.45, 2.75) is 12.3 Å². The van der Waals surface area contributed by atoms with Crippen LogP contribution in [0.15, 0.2) is 48.5 Å². The molecule has 0 aromatic heterocycles. The lowest BCUT2D eigenvalue weighted by Crippen LogP contribution is -2.24. The average Bonchev–Trinajstić information content (AvgIpc) is 2.55. The molecular weight excluding hydrogens is 301 g/mol. The van der Waals surface area contributed by atoms with Crippen molar-refractivity contribution in [1.82, 2.24) is 5.32 Å². The van der Waals surface area contributed by atoms with Crippen molar-refractivity contribution in [2.24, 2.45) is 0 Å². The third kappa shape index (κ3) is 5.07. The minimum absolute atomic E-state index is 0.0296. The highest BCUT2D eigenvalue weighted by Crippen LogP contribution is 2.17. The van der Waals surface area contributed by atoms with E-state index in [-0.39, 0.29) is 11.7 Å². The standard InChI is InChI=1S/C17H18FNO2S/c1-21-16-5-3-2-4-14(16)10-19-17(20)12-22-11-13-6-8-15(18)9-7-13/h2-9H,10-12H2,1H3,(H,19,20). The minimum atomic E-state index is -0.247. The maximum Gasteiger partial charge on any atom is 0.230 e. The van der Waals surface area contributed by atoms with E-state index in [4.69, 9.17) is 4.74 Å². The fourth-order valence-corrected chi connectivity index (χ4v) is 2.75. The molecule has 0 heterocycles. The van der Waals surface area contributed by atoms with Crippen LogP contribution in [0.25, 0.3) is 0 Å². The second kappa shape index (κ2) is 8.44. The van der Waals surface area contributed by atoms with E-state index in [1.807, 2.05) is 24.3 Å². The van der Waals surface area contributed by atoms with E-state index in [1.54, 1.807) is 19.2 Å². The van der Waals surface area contributed by atoms with E-state index in [1.165, 1.54) is 23.9 Å². The van der Waals surface area contributed by atoms with E-state index in [0.717, 1.165) is 16.9 Å². The number of rotatable bonds is 7. The molecule has 1 amide bonds. The molecule has 0 saturated carbocycles. The van der Waals surface area contributed by atoms with E-state index in [2.05, 4.69) is 5.32 Å². The lowest BCUT2D eigenvalue weighted by Gasteiger charge is -2.09. The largest absolute Gasteiger partial charge is 0.496 e. The van der Waals surface area contributed by atoms with E-state index < -0.39 is 0 Å². The van der Waals surface area contributed by atoms with Gasteiger partial charge in [-0.15, -0.1) is 11.8 Å². The zero-order valence-corrected chi connectivity index (χ0v) is 13.2. The number of methoxy groups -OCH3 is 1. The predicted octanol–water partition coefficient (Wildman–Crippen LogP) is 3.38. The highest BCUT2D eigenvalue weighted by atomic mass is 32.2. The van der Waals surface area contributed by atoms with Crippen LogP contribution in [0.3, 0.4) is 0 Å². The van der Waals surface area contributed by atoms with Gasteiger partial charge in [-0.3, -0.25) is 4.79 Å². The molecule has 2 rings (SSSR count). The molecule has 0 bridgehead atoms. The Kier molecular flexibility index (Phi) is 6.27. The van der Waals surface area contributed by atoms with E-state index >= 15 is 0 Å². The summed E-state index contributed by atoms with van der Waals surface area (Å²) in [4.78, 5) is 11.8. The molecule has 0 fully saturated rings. The molecule has 0 unspecified atom stereocenters. The first-order valence-corrected chi connectivity index (χ1v) is 8.05. The summed E-state index contributed by atoms with van der Waals surface area (Å²) in [6.07, 6.45) is 0. The number of para-hydroxylation sites is 1. The van der Waals surface area contributed by atoms with Crippen LogP contribution in [0.1, 0.15) is 11.1 Å². The number of hydrogen-bond donors (Lipinski definition) is 1. The van der Waals surface area contributed by atoms with Crippen LogP contribution in [0.4, 0.5) is 4.39 Å². The lowest BCUT2D eigenvalue weighted by molar-refractivity contribution is -0.118. The zero-order chi connectivity index (χ0) is 15.8. The first-order chi connectivity index (χ1) is 10.7. The molecule has 0 aliphatic carbocycles. The summed E-state index contributed by atoms with van der Waals surface area (Å²) >= 11 is 1.50. The molecule has 0 aliphatic rings. The van der Waals surface area contributed by atoms with Crippen molar-refractivity contribution >= 4 is 17.7 Å². The predicted molar refractivity (Wildman–Crippen MR) is 87.4 cm³/mol. The topological polar surface area (TPSA) is 38.3 Å². The second-order valence-electron chi connectivity index (χ2n) is 4.71. The van der Waals surface area contributed by atoms with E-state index in [0.29, 0.717) is 18.1 Å². The molecule has 3 nitrogen and oxygen atoms in total. The molecular formula is C17H18FNO2S. The number of hydrogen-bond acceptors (Lipinski definition) is 3. The SMILES string of the molecule is COc1ccccc1CNC(=O)CSCc1ccc(F)cc1. The molecule has 2 aromatic rings. The van der Waals surface area contributed by atoms with Crippen LogP contribution >= 0.6 is 11.8 Å². The lowest BCUT2D eigenvalue weighted by atomic mass is 10.2. The smallest absolute Gasteiger partial charge is 0.230 e. The van der Waals surface area contributed by atoms with Gasteiger partial charge in [0.25, 0.3) is 0 Å². The van der Waals surface area contributed by atoms with E-state index in [9.17, 15) is 9.18 Å². The Morgan fingerprint density at radius 2 is 1.91 bits per heavy atom. The average molecular weight is 319 g/mol. The van der Waals surface area contributed by atoms with Crippen molar-refractivity contribution in [3.05, 3.63) is 65.5 Å². The molecule has 5 heteroatoms. The van der Waals surface area contributed by atoms with Gasteiger partial charge in [0, 0.05) is 17.9 Å². The van der Waals surface area contributed by atoms with Gasteiger partial charge in [-0.2, -0.15) is 0 Å². The first kappa shape index (κ1) is 16.4. The number of carbonyl (C=O) groups excluding carboxylic acids is 1. The van der Waals surface area contributed by atoms with Crippen LogP contribution in [0.5, 0.6) is 5.75 Å². The minimum Gasteiger partial charge on any atom is -0.496 e. The third-order valence-electron chi connectivity index (χ3n) is 3.08. The number of carbonyl (C=O) groups is 1. The van der Waals surface area contributed by atoms with Crippen LogP contribution in [0.2, 0.25) is 0 Å². The maximum atomic E-state index is 12.8. The van der Waals surface area contributed by atoms with Gasteiger partial charge in [0.2, 0.25) is 5.91 Å². The van der Waals surface area contributed by atoms with Crippen molar-refractivity contribution < 1.29 is 13.9 Å². The van der Waals surface area contributed by atoms with Gasteiger partial charge in [-0.25, -0.2) is 4.39 Å². The highest BCUT2D eigenvalue weighted by molar-refractivity contribution is 7.99. The number of halogens is 1. The Balaban J connectivity index is 1.73. The third-order valence-corrected chi connectivity index (χ3v) is 4.09. The van der Waals surface area contributed by atoms with Gasteiger partial charge in [0.15, 0.2) is 0 Å². The summed E-state index contributed by atoms with van der Waals surface area (Å²) in [5.41, 5.74) is 1.95. The number of thioether (sulfide) groups is 1. The van der Waals surface area contributed by atoms with Crippen molar-refractivity contribution in [2.75, 3.05) is 12.9 Å². The van der Waals surface area contributed by atoms with Crippen LogP contribution in [0, 0.1) is 5.82 Å². The molecule has 22 heavy (non-hydrogen) atoms.